The van der Waals surface area contributed by atoms with Crippen LogP contribution in [0.3, 0.4) is 0 Å². The van der Waals surface area contributed by atoms with Gasteiger partial charge in [-0.2, -0.15) is 0 Å². The van der Waals surface area contributed by atoms with Crippen molar-refractivity contribution in [3.05, 3.63) is 53.1 Å². The molecule has 0 fully saturated rings. The number of aryl methyl sites for hydroxylation is 2. The number of nitrogens with zero attached hydrogens (tertiary/aromatic N) is 1. The quantitative estimate of drug-likeness (QED) is 0.818. The highest BCUT2D eigenvalue weighted by molar-refractivity contribution is 6.08. The number of benzene rings is 2. The Hall–Kier alpha value is -2.49. The predicted octanol–water partition coefficient (Wildman–Crippen LogP) is 2.92. The standard InChI is InChI=1S/C17H18N2O2/c1-11-9-12(2)14(18)10-13(11)17(20)19-7-8-21-16-6-4-3-5-15(16)19/h3-6,9-10H,7-8,18H2,1-2H3. The zero-order valence-corrected chi connectivity index (χ0v) is 12.2. The van der Waals surface area contributed by atoms with Crippen molar-refractivity contribution in [2.24, 2.45) is 0 Å². The molecule has 2 N–H and O–H groups in total. The second kappa shape index (κ2) is 5.13. The lowest BCUT2D eigenvalue weighted by atomic mass is 10.0. The van der Waals surface area contributed by atoms with E-state index in [0.29, 0.717) is 24.4 Å². The molecule has 108 valence electrons. The number of fused-ring (bicyclic) bond motifs is 1. The average Bonchev–Trinajstić information content (AvgIpc) is 2.49. The van der Waals surface area contributed by atoms with Crippen LogP contribution in [0.5, 0.6) is 5.75 Å². The molecule has 1 heterocycles. The number of carbonyl (C=O) groups excluding carboxylic acids is 1. The number of nitrogen functional groups attached to an aromatic ring is 1. The number of hydrogen-bond acceptors (Lipinski definition) is 3. The van der Waals surface area contributed by atoms with Gasteiger partial charge in [-0.25, -0.2) is 0 Å². The molecule has 0 saturated carbocycles. The normalized spacial score (nSPS) is 13.5. The van der Waals surface area contributed by atoms with Gasteiger partial charge < -0.3 is 15.4 Å². The SMILES string of the molecule is Cc1cc(C)c(C(=O)N2CCOc3ccccc32)cc1N. The molecule has 0 unspecified atom stereocenters. The Kier molecular flexibility index (Phi) is 3.29. The van der Waals surface area contributed by atoms with Crippen molar-refractivity contribution >= 4 is 17.3 Å². The summed E-state index contributed by atoms with van der Waals surface area (Å²) in [4.78, 5) is 14.6. The third kappa shape index (κ3) is 2.33. The maximum atomic E-state index is 12.9. The van der Waals surface area contributed by atoms with Gasteiger partial charge in [-0.15, -0.1) is 0 Å². The van der Waals surface area contributed by atoms with Crippen molar-refractivity contribution < 1.29 is 9.53 Å². The van der Waals surface area contributed by atoms with E-state index < -0.39 is 0 Å². The molecular formula is C17H18N2O2. The maximum absolute atomic E-state index is 12.9. The molecule has 0 aromatic heterocycles. The minimum absolute atomic E-state index is 0.0325. The van der Waals surface area contributed by atoms with Crippen molar-refractivity contribution in [3.8, 4) is 5.75 Å². The number of para-hydroxylation sites is 2. The smallest absolute Gasteiger partial charge is 0.258 e. The van der Waals surface area contributed by atoms with Crippen molar-refractivity contribution in [3.63, 3.8) is 0 Å². The molecule has 21 heavy (non-hydrogen) atoms. The first-order valence-corrected chi connectivity index (χ1v) is 6.98. The first kappa shape index (κ1) is 13.5. The number of anilines is 2. The monoisotopic (exact) mass is 282 g/mol. The van der Waals surface area contributed by atoms with E-state index in [1.807, 2.05) is 44.2 Å². The van der Waals surface area contributed by atoms with Crippen LogP contribution >= 0.6 is 0 Å². The van der Waals surface area contributed by atoms with Crippen molar-refractivity contribution in [2.45, 2.75) is 13.8 Å². The summed E-state index contributed by atoms with van der Waals surface area (Å²) in [7, 11) is 0. The van der Waals surface area contributed by atoms with Crippen LogP contribution < -0.4 is 15.4 Å². The molecule has 0 saturated heterocycles. The van der Waals surface area contributed by atoms with E-state index in [9.17, 15) is 4.79 Å². The second-order valence-corrected chi connectivity index (χ2v) is 5.30. The molecular weight excluding hydrogens is 264 g/mol. The molecule has 0 bridgehead atoms. The lowest BCUT2D eigenvalue weighted by molar-refractivity contribution is 0.0976. The zero-order valence-electron chi connectivity index (χ0n) is 12.2. The fourth-order valence-corrected chi connectivity index (χ4v) is 2.63. The lowest BCUT2D eigenvalue weighted by Gasteiger charge is -2.30. The van der Waals surface area contributed by atoms with E-state index in [4.69, 9.17) is 10.5 Å². The molecule has 0 radical (unpaired) electrons. The highest BCUT2D eigenvalue weighted by Crippen LogP contribution is 2.32. The fourth-order valence-electron chi connectivity index (χ4n) is 2.63. The lowest BCUT2D eigenvalue weighted by Crippen LogP contribution is -2.38. The topological polar surface area (TPSA) is 55.6 Å². The first-order chi connectivity index (χ1) is 10.1. The van der Waals surface area contributed by atoms with Crippen LogP contribution in [0.4, 0.5) is 11.4 Å². The Morgan fingerprint density at radius 3 is 2.76 bits per heavy atom. The Balaban J connectivity index is 2.03. The van der Waals surface area contributed by atoms with Crippen LogP contribution in [0.2, 0.25) is 0 Å². The van der Waals surface area contributed by atoms with Gasteiger partial charge in [0.2, 0.25) is 0 Å². The van der Waals surface area contributed by atoms with E-state index in [-0.39, 0.29) is 5.91 Å². The third-order valence-corrected chi connectivity index (χ3v) is 3.82. The highest BCUT2D eigenvalue weighted by atomic mass is 16.5. The number of hydrogen-bond donors (Lipinski definition) is 1. The summed E-state index contributed by atoms with van der Waals surface area (Å²) in [5, 5.41) is 0. The largest absolute Gasteiger partial charge is 0.490 e. The minimum atomic E-state index is -0.0325. The van der Waals surface area contributed by atoms with Crippen LogP contribution in [-0.2, 0) is 0 Å². The summed E-state index contributed by atoms with van der Waals surface area (Å²) in [6.07, 6.45) is 0. The number of amides is 1. The van der Waals surface area contributed by atoms with Crippen molar-refractivity contribution in [2.75, 3.05) is 23.8 Å². The molecule has 1 amide bonds. The molecule has 0 spiro atoms. The molecule has 0 aliphatic carbocycles. The summed E-state index contributed by atoms with van der Waals surface area (Å²) in [5.41, 5.74) is 9.99. The molecule has 0 atom stereocenters. The van der Waals surface area contributed by atoms with Crippen LogP contribution in [-0.4, -0.2) is 19.1 Å². The summed E-state index contributed by atoms with van der Waals surface area (Å²) in [6.45, 7) is 4.93. The molecule has 4 heteroatoms. The Bertz CT molecular complexity index is 710. The van der Waals surface area contributed by atoms with E-state index in [1.165, 1.54) is 0 Å². The van der Waals surface area contributed by atoms with Crippen LogP contribution in [0, 0.1) is 13.8 Å². The Labute approximate surface area is 124 Å². The summed E-state index contributed by atoms with van der Waals surface area (Å²) in [5.74, 6) is 0.713. The molecule has 1 aliphatic rings. The maximum Gasteiger partial charge on any atom is 0.258 e. The number of nitrogens with two attached hydrogens (primary N) is 1. The van der Waals surface area contributed by atoms with Crippen LogP contribution in [0.15, 0.2) is 36.4 Å². The van der Waals surface area contributed by atoms with Crippen molar-refractivity contribution in [1.29, 1.82) is 0 Å². The third-order valence-electron chi connectivity index (χ3n) is 3.82. The van der Waals surface area contributed by atoms with Crippen LogP contribution in [0.1, 0.15) is 21.5 Å². The van der Waals surface area contributed by atoms with Crippen molar-refractivity contribution in [1.82, 2.24) is 0 Å². The van der Waals surface area contributed by atoms with Gasteiger partial charge in [0, 0.05) is 11.3 Å². The fraction of sp³-hybridized carbons (Fsp3) is 0.235. The predicted molar refractivity (Wildman–Crippen MR) is 83.9 cm³/mol. The van der Waals surface area contributed by atoms with E-state index in [2.05, 4.69) is 0 Å². The van der Waals surface area contributed by atoms with Gasteiger partial charge >= 0.3 is 0 Å². The Morgan fingerprint density at radius 1 is 1.19 bits per heavy atom. The number of rotatable bonds is 1. The first-order valence-electron chi connectivity index (χ1n) is 6.98. The van der Waals surface area contributed by atoms with Crippen LogP contribution in [0.25, 0.3) is 0 Å². The summed E-state index contributed by atoms with van der Waals surface area (Å²) < 4.78 is 5.59. The summed E-state index contributed by atoms with van der Waals surface area (Å²) in [6, 6.07) is 11.3. The zero-order chi connectivity index (χ0) is 15.0. The molecule has 1 aliphatic heterocycles. The Morgan fingerprint density at radius 2 is 1.95 bits per heavy atom. The minimum Gasteiger partial charge on any atom is -0.490 e. The number of ether oxygens (including phenoxy) is 1. The van der Waals surface area contributed by atoms with Gasteiger partial charge in [0.1, 0.15) is 12.4 Å². The molecule has 2 aromatic rings. The van der Waals surface area contributed by atoms with Gasteiger partial charge in [0.05, 0.1) is 12.2 Å². The van der Waals surface area contributed by atoms with Gasteiger partial charge in [0.15, 0.2) is 0 Å². The van der Waals surface area contributed by atoms with Gasteiger partial charge in [-0.05, 0) is 43.2 Å². The van der Waals surface area contributed by atoms with Gasteiger partial charge in [-0.1, -0.05) is 18.2 Å². The van der Waals surface area contributed by atoms with Gasteiger partial charge in [-0.3, -0.25) is 4.79 Å². The summed E-state index contributed by atoms with van der Waals surface area (Å²) >= 11 is 0. The van der Waals surface area contributed by atoms with E-state index in [1.54, 1.807) is 11.0 Å². The molecule has 2 aromatic carbocycles. The number of carbonyl (C=O) groups is 1. The van der Waals surface area contributed by atoms with Gasteiger partial charge in [0.25, 0.3) is 5.91 Å². The van der Waals surface area contributed by atoms with E-state index in [0.717, 1.165) is 22.6 Å². The average molecular weight is 282 g/mol. The molecule has 3 rings (SSSR count). The molecule has 4 nitrogen and oxygen atoms in total. The second-order valence-electron chi connectivity index (χ2n) is 5.30. The highest BCUT2D eigenvalue weighted by Gasteiger charge is 2.25. The van der Waals surface area contributed by atoms with E-state index >= 15 is 0 Å².